The van der Waals surface area contributed by atoms with E-state index >= 15 is 0 Å². The van der Waals surface area contributed by atoms with Crippen LogP contribution in [0, 0.1) is 5.92 Å². The largest absolute Gasteiger partial charge is 0.416 e. The van der Waals surface area contributed by atoms with Crippen LogP contribution in [-0.2, 0) is 28.7 Å². The maximum absolute atomic E-state index is 13.4. The minimum atomic E-state index is -4.42. The van der Waals surface area contributed by atoms with Gasteiger partial charge in [0.1, 0.15) is 0 Å². The molecular formula is C26H29ClF3N3O2. The molecule has 3 aliphatic heterocycles. The van der Waals surface area contributed by atoms with Gasteiger partial charge in [-0.05, 0) is 60.7 Å². The van der Waals surface area contributed by atoms with Crippen LogP contribution in [0.3, 0.4) is 0 Å². The number of nitrogens with zero attached hydrogens (tertiary/aromatic N) is 2. The van der Waals surface area contributed by atoms with Crippen molar-refractivity contribution in [3.8, 4) is 0 Å². The highest BCUT2D eigenvalue weighted by molar-refractivity contribution is 6.30. The molecule has 0 aromatic heterocycles. The molecule has 2 fully saturated rings. The van der Waals surface area contributed by atoms with Gasteiger partial charge in [-0.1, -0.05) is 23.7 Å². The van der Waals surface area contributed by atoms with E-state index in [0.29, 0.717) is 36.8 Å². The van der Waals surface area contributed by atoms with Gasteiger partial charge in [0.2, 0.25) is 5.91 Å². The first-order valence-electron chi connectivity index (χ1n) is 12.1. The molecule has 0 radical (unpaired) electrons. The molecule has 5 rings (SSSR count). The first-order valence-corrected chi connectivity index (χ1v) is 12.5. The molecule has 3 heterocycles. The summed E-state index contributed by atoms with van der Waals surface area (Å²) in [4.78, 5) is 17.8. The molecule has 9 heteroatoms. The number of hydrogen-bond acceptors (Lipinski definition) is 4. The van der Waals surface area contributed by atoms with E-state index in [0.717, 1.165) is 43.2 Å². The van der Waals surface area contributed by atoms with Gasteiger partial charge in [0, 0.05) is 50.0 Å². The van der Waals surface area contributed by atoms with E-state index in [1.54, 1.807) is 6.07 Å². The average molecular weight is 508 g/mol. The summed E-state index contributed by atoms with van der Waals surface area (Å²) >= 11 is 6.02. The van der Waals surface area contributed by atoms with Gasteiger partial charge in [-0.15, -0.1) is 0 Å². The summed E-state index contributed by atoms with van der Waals surface area (Å²) in [6.07, 6.45) is -2.23. The number of carbonyl (C=O) groups is 1. The summed E-state index contributed by atoms with van der Waals surface area (Å²) in [5.41, 5.74) is 1.85. The van der Waals surface area contributed by atoms with Crippen LogP contribution in [0.1, 0.15) is 29.5 Å². The Morgan fingerprint density at radius 3 is 2.66 bits per heavy atom. The van der Waals surface area contributed by atoms with Crippen LogP contribution in [-0.4, -0.2) is 55.7 Å². The van der Waals surface area contributed by atoms with Gasteiger partial charge < -0.3 is 15.0 Å². The van der Waals surface area contributed by atoms with E-state index < -0.39 is 17.7 Å². The fourth-order valence-electron chi connectivity index (χ4n) is 5.50. The SMILES string of the molecule is O=C(NCC1CCCO1)C1Cc2cc(C(F)(F)F)ccc2N2CCN(Cc3ccc(Cl)cc3)CC12. The van der Waals surface area contributed by atoms with Gasteiger partial charge in [0.25, 0.3) is 0 Å². The number of fused-ring (bicyclic) bond motifs is 3. The zero-order valence-electron chi connectivity index (χ0n) is 19.4. The monoisotopic (exact) mass is 507 g/mol. The van der Waals surface area contributed by atoms with Crippen molar-refractivity contribution in [1.82, 2.24) is 10.2 Å². The lowest BCUT2D eigenvalue weighted by molar-refractivity contribution is -0.137. The topological polar surface area (TPSA) is 44.8 Å². The minimum absolute atomic E-state index is 0.00974. The van der Waals surface area contributed by atoms with Crippen LogP contribution in [0.5, 0.6) is 0 Å². The van der Waals surface area contributed by atoms with E-state index in [1.165, 1.54) is 6.07 Å². The van der Waals surface area contributed by atoms with Crippen LogP contribution in [0.25, 0.3) is 0 Å². The highest BCUT2D eigenvalue weighted by atomic mass is 35.5. The Morgan fingerprint density at radius 1 is 1.14 bits per heavy atom. The molecule has 3 atom stereocenters. The van der Waals surface area contributed by atoms with Crippen molar-refractivity contribution in [1.29, 1.82) is 0 Å². The molecule has 5 nitrogen and oxygen atoms in total. The molecular weight excluding hydrogens is 479 g/mol. The van der Waals surface area contributed by atoms with E-state index in [-0.39, 0.29) is 24.5 Å². The highest BCUT2D eigenvalue weighted by Crippen LogP contribution is 2.40. The van der Waals surface area contributed by atoms with Gasteiger partial charge in [-0.3, -0.25) is 9.69 Å². The number of halogens is 4. The van der Waals surface area contributed by atoms with Crippen molar-refractivity contribution in [2.24, 2.45) is 5.92 Å². The van der Waals surface area contributed by atoms with Crippen molar-refractivity contribution < 1.29 is 22.7 Å². The molecule has 0 saturated carbocycles. The number of carbonyl (C=O) groups excluding carboxylic acids is 1. The predicted octanol–water partition coefficient (Wildman–Crippen LogP) is 4.52. The Hall–Kier alpha value is -2.29. The molecule has 3 unspecified atom stereocenters. The predicted molar refractivity (Wildman–Crippen MR) is 128 cm³/mol. The number of nitrogens with one attached hydrogen (secondary N) is 1. The van der Waals surface area contributed by atoms with Crippen molar-refractivity contribution >= 4 is 23.2 Å². The lowest BCUT2D eigenvalue weighted by Gasteiger charge is -2.49. The first kappa shape index (κ1) is 24.4. The van der Waals surface area contributed by atoms with Gasteiger partial charge in [-0.25, -0.2) is 0 Å². The summed E-state index contributed by atoms with van der Waals surface area (Å²) in [7, 11) is 0. The Kier molecular flexibility index (Phi) is 6.97. The van der Waals surface area contributed by atoms with Crippen LogP contribution in [0.4, 0.5) is 18.9 Å². The number of amides is 1. The van der Waals surface area contributed by atoms with Gasteiger partial charge in [0.15, 0.2) is 0 Å². The summed E-state index contributed by atoms with van der Waals surface area (Å²) in [5.74, 6) is -0.563. The fourth-order valence-corrected chi connectivity index (χ4v) is 5.63. The first-order chi connectivity index (χ1) is 16.8. The molecule has 2 saturated heterocycles. The second-order valence-electron chi connectivity index (χ2n) is 9.65. The van der Waals surface area contributed by atoms with E-state index in [2.05, 4.69) is 15.1 Å². The number of alkyl halides is 3. The van der Waals surface area contributed by atoms with Crippen molar-refractivity contribution in [3.63, 3.8) is 0 Å². The number of ether oxygens (including phenoxy) is 1. The minimum Gasteiger partial charge on any atom is -0.376 e. The molecule has 1 amide bonds. The third kappa shape index (κ3) is 5.44. The highest BCUT2D eigenvalue weighted by Gasteiger charge is 2.42. The molecule has 0 aliphatic carbocycles. The normalized spacial score (nSPS) is 24.7. The smallest absolute Gasteiger partial charge is 0.376 e. The lowest BCUT2D eigenvalue weighted by Crippen LogP contribution is -2.61. The van der Waals surface area contributed by atoms with Crippen LogP contribution in [0.15, 0.2) is 42.5 Å². The van der Waals surface area contributed by atoms with E-state index in [9.17, 15) is 18.0 Å². The summed E-state index contributed by atoms with van der Waals surface area (Å²) < 4.78 is 45.8. The van der Waals surface area contributed by atoms with E-state index in [4.69, 9.17) is 16.3 Å². The van der Waals surface area contributed by atoms with E-state index in [1.807, 2.05) is 24.3 Å². The zero-order valence-corrected chi connectivity index (χ0v) is 20.1. The number of rotatable bonds is 5. The van der Waals surface area contributed by atoms with Crippen LogP contribution in [0.2, 0.25) is 5.02 Å². The standard InChI is InChI=1S/C26H29ClF3N3O2/c27-20-6-3-17(4-7-20)15-32-9-10-33-23-8-5-19(26(28,29)30)12-18(23)13-22(24(33)16-32)25(34)31-14-21-2-1-11-35-21/h3-8,12,21-22,24H,1-2,9-11,13-16H2,(H,31,34). The molecule has 2 aromatic rings. The average Bonchev–Trinajstić information content (AvgIpc) is 3.36. The molecule has 1 N–H and O–H groups in total. The second kappa shape index (κ2) is 9.99. The Labute approximate surface area is 208 Å². The summed E-state index contributed by atoms with van der Waals surface area (Å²) in [6.45, 7) is 3.92. The maximum Gasteiger partial charge on any atom is 0.416 e. The lowest BCUT2D eigenvalue weighted by atomic mass is 9.82. The number of hydrogen-bond donors (Lipinski definition) is 1. The Morgan fingerprint density at radius 2 is 1.94 bits per heavy atom. The maximum atomic E-state index is 13.4. The van der Waals surface area contributed by atoms with Crippen molar-refractivity contribution in [3.05, 3.63) is 64.2 Å². The molecule has 3 aliphatic rings. The summed E-state index contributed by atoms with van der Waals surface area (Å²) in [5, 5.41) is 3.71. The number of piperazine rings is 1. The van der Waals surface area contributed by atoms with Crippen LogP contribution >= 0.6 is 11.6 Å². The van der Waals surface area contributed by atoms with Gasteiger partial charge in [-0.2, -0.15) is 13.2 Å². The van der Waals surface area contributed by atoms with Crippen molar-refractivity contribution in [2.75, 3.05) is 37.7 Å². The Balaban J connectivity index is 1.38. The van der Waals surface area contributed by atoms with Crippen molar-refractivity contribution in [2.45, 2.75) is 44.1 Å². The third-order valence-electron chi connectivity index (χ3n) is 7.31. The number of benzene rings is 2. The molecule has 0 bridgehead atoms. The quantitative estimate of drug-likeness (QED) is 0.646. The third-order valence-corrected chi connectivity index (χ3v) is 7.56. The summed E-state index contributed by atoms with van der Waals surface area (Å²) in [6, 6.07) is 11.5. The fraction of sp³-hybridized carbons (Fsp3) is 0.500. The zero-order chi connectivity index (χ0) is 24.6. The number of anilines is 1. The molecule has 35 heavy (non-hydrogen) atoms. The second-order valence-corrected chi connectivity index (χ2v) is 10.1. The molecule has 0 spiro atoms. The van der Waals surface area contributed by atoms with Crippen LogP contribution < -0.4 is 10.2 Å². The Bertz CT molecular complexity index is 1060. The van der Waals surface area contributed by atoms with Gasteiger partial charge >= 0.3 is 6.18 Å². The molecule has 2 aromatic carbocycles. The molecule has 188 valence electrons. The van der Waals surface area contributed by atoms with Gasteiger partial charge in [0.05, 0.1) is 23.6 Å².